The topological polar surface area (TPSA) is 54.5 Å². The first-order valence-corrected chi connectivity index (χ1v) is 8.77. The molecule has 3 rings (SSSR count). The lowest BCUT2D eigenvalue weighted by atomic mass is 10.0. The maximum Gasteiger partial charge on any atom is 0.244 e. The molecular weight excluding hydrogens is 310 g/mol. The molecule has 118 valence electrons. The summed E-state index contributed by atoms with van der Waals surface area (Å²) in [7, 11) is -3.67. The third-order valence-corrected chi connectivity index (χ3v) is 5.83. The van der Waals surface area contributed by atoms with Gasteiger partial charge in [0.05, 0.1) is 10.9 Å². The Labute approximate surface area is 136 Å². The van der Waals surface area contributed by atoms with Gasteiger partial charge in [0.2, 0.25) is 10.0 Å². The number of aldehydes is 1. The molecule has 5 heteroatoms. The number of hydrogen-bond donors (Lipinski definition) is 0. The number of carbonyl (C=O) groups is 1. The molecule has 0 aromatic heterocycles. The Balaban J connectivity index is 2.04. The Morgan fingerprint density at radius 2 is 1.70 bits per heavy atom. The van der Waals surface area contributed by atoms with E-state index in [0.717, 1.165) is 17.4 Å². The van der Waals surface area contributed by atoms with E-state index in [1.807, 2.05) is 37.3 Å². The average molecular weight is 327 g/mol. The molecule has 0 spiro atoms. The summed E-state index contributed by atoms with van der Waals surface area (Å²) in [5, 5.41) is 0. The molecule has 23 heavy (non-hydrogen) atoms. The molecule has 1 unspecified atom stereocenters. The highest BCUT2D eigenvalue weighted by molar-refractivity contribution is 7.89. The predicted molar refractivity (Wildman–Crippen MR) is 88.4 cm³/mol. The molecule has 2 aromatic carbocycles. The van der Waals surface area contributed by atoms with Crippen molar-refractivity contribution in [3.05, 3.63) is 77.4 Å². The van der Waals surface area contributed by atoms with Crippen LogP contribution in [0.25, 0.3) is 0 Å². The van der Waals surface area contributed by atoms with Crippen molar-refractivity contribution in [2.45, 2.75) is 17.9 Å². The van der Waals surface area contributed by atoms with Crippen LogP contribution in [0.5, 0.6) is 0 Å². The van der Waals surface area contributed by atoms with Crippen LogP contribution >= 0.6 is 0 Å². The number of nitrogens with zero attached hydrogens (tertiary/aromatic N) is 1. The van der Waals surface area contributed by atoms with Crippen molar-refractivity contribution in [2.75, 3.05) is 6.54 Å². The fourth-order valence-electron chi connectivity index (χ4n) is 2.77. The van der Waals surface area contributed by atoms with Gasteiger partial charge in [-0.3, -0.25) is 4.79 Å². The van der Waals surface area contributed by atoms with Crippen LogP contribution in [0, 0.1) is 6.92 Å². The monoisotopic (exact) mass is 327 g/mol. The van der Waals surface area contributed by atoms with E-state index in [4.69, 9.17) is 0 Å². The van der Waals surface area contributed by atoms with Crippen molar-refractivity contribution < 1.29 is 13.2 Å². The fraction of sp³-hybridized carbons (Fsp3) is 0.167. The van der Waals surface area contributed by atoms with Crippen LogP contribution in [-0.2, 0) is 14.8 Å². The second kappa shape index (κ2) is 6.10. The Morgan fingerprint density at radius 1 is 1.04 bits per heavy atom. The molecule has 1 aliphatic heterocycles. The van der Waals surface area contributed by atoms with Crippen LogP contribution in [0.15, 0.2) is 71.1 Å². The van der Waals surface area contributed by atoms with Gasteiger partial charge < -0.3 is 0 Å². The number of rotatable bonds is 4. The summed E-state index contributed by atoms with van der Waals surface area (Å²) in [6.45, 7) is 2.11. The van der Waals surface area contributed by atoms with Gasteiger partial charge in [-0.25, -0.2) is 8.42 Å². The van der Waals surface area contributed by atoms with E-state index >= 15 is 0 Å². The predicted octanol–water partition coefficient (Wildman–Crippen LogP) is 2.87. The van der Waals surface area contributed by atoms with Crippen LogP contribution < -0.4 is 0 Å². The van der Waals surface area contributed by atoms with E-state index < -0.39 is 16.1 Å². The first-order chi connectivity index (χ1) is 11.0. The summed E-state index contributed by atoms with van der Waals surface area (Å²) in [6, 6.07) is 15.4. The molecule has 0 saturated carbocycles. The van der Waals surface area contributed by atoms with Crippen molar-refractivity contribution in [3.8, 4) is 0 Å². The van der Waals surface area contributed by atoms with Crippen LogP contribution in [0.2, 0.25) is 0 Å². The zero-order valence-electron chi connectivity index (χ0n) is 12.7. The molecule has 2 aromatic rings. The minimum Gasteiger partial charge on any atom is -0.298 e. The Bertz CT molecular complexity index is 840. The summed E-state index contributed by atoms with van der Waals surface area (Å²) >= 11 is 0. The van der Waals surface area contributed by atoms with E-state index in [9.17, 15) is 13.2 Å². The van der Waals surface area contributed by atoms with Crippen molar-refractivity contribution in [1.29, 1.82) is 0 Å². The minimum atomic E-state index is -3.67. The molecule has 0 bridgehead atoms. The van der Waals surface area contributed by atoms with Crippen LogP contribution in [-0.4, -0.2) is 25.6 Å². The maximum absolute atomic E-state index is 13.0. The maximum atomic E-state index is 13.0. The lowest BCUT2D eigenvalue weighted by Crippen LogP contribution is -2.32. The standard InChI is InChI=1S/C18H17NO3S/c1-14-7-9-17(10-8-14)23(21,22)19-12-11-16(13-20)18(19)15-5-3-2-4-6-15/h2-11,13,18H,12H2,1H3. The second-order valence-corrected chi connectivity index (χ2v) is 7.41. The van der Waals surface area contributed by atoms with Gasteiger partial charge in [0.15, 0.2) is 0 Å². The van der Waals surface area contributed by atoms with Gasteiger partial charge in [0.25, 0.3) is 0 Å². The van der Waals surface area contributed by atoms with Gasteiger partial charge in [0, 0.05) is 12.1 Å². The SMILES string of the molecule is Cc1ccc(S(=O)(=O)N2CC=C(C=O)C2c2ccccc2)cc1. The molecule has 0 aliphatic carbocycles. The van der Waals surface area contributed by atoms with E-state index in [1.54, 1.807) is 30.3 Å². The Hall–Kier alpha value is -2.24. The molecule has 0 saturated heterocycles. The zero-order valence-corrected chi connectivity index (χ0v) is 13.5. The highest BCUT2D eigenvalue weighted by Crippen LogP contribution is 2.36. The first kappa shape index (κ1) is 15.6. The Kier molecular flexibility index (Phi) is 4.15. The summed E-state index contributed by atoms with van der Waals surface area (Å²) in [4.78, 5) is 11.6. The molecular formula is C18H17NO3S. The molecule has 0 radical (unpaired) electrons. The second-order valence-electron chi connectivity index (χ2n) is 5.52. The number of carbonyl (C=O) groups excluding carboxylic acids is 1. The quantitative estimate of drug-likeness (QED) is 0.812. The van der Waals surface area contributed by atoms with Gasteiger partial charge in [-0.15, -0.1) is 0 Å². The molecule has 4 nitrogen and oxygen atoms in total. The van der Waals surface area contributed by atoms with Gasteiger partial charge in [-0.2, -0.15) is 4.31 Å². The molecule has 1 heterocycles. The molecule has 0 fully saturated rings. The Morgan fingerprint density at radius 3 is 2.30 bits per heavy atom. The number of hydrogen-bond acceptors (Lipinski definition) is 3. The van der Waals surface area contributed by atoms with Crippen molar-refractivity contribution in [1.82, 2.24) is 4.31 Å². The summed E-state index contributed by atoms with van der Waals surface area (Å²) in [5.74, 6) is 0. The van der Waals surface area contributed by atoms with Gasteiger partial charge in [-0.05, 0) is 24.6 Å². The van der Waals surface area contributed by atoms with Gasteiger partial charge >= 0.3 is 0 Å². The first-order valence-electron chi connectivity index (χ1n) is 7.33. The van der Waals surface area contributed by atoms with Crippen LogP contribution in [0.1, 0.15) is 17.2 Å². The van der Waals surface area contributed by atoms with Gasteiger partial charge in [0.1, 0.15) is 6.29 Å². The van der Waals surface area contributed by atoms with E-state index in [2.05, 4.69) is 0 Å². The summed E-state index contributed by atoms with van der Waals surface area (Å²) in [6.07, 6.45) is 2.42. The van der Waals surface area contributed by atoms with E-state index in [-0.39, 0.29) is 11.4 Å². The van der Waals surface area contributed by atoms with Crippen LogP contribution in [0.4, 0.5) is 0 Å². The van der Waals surface area contributed by atoms with Gasteiger partial charge in [-0.1, -0.05) is 54.1 Å². The largest absolute Gasteiger partial charge is 0.298 e. The zero-order chi connectivity index (χ0) is 16.4. The third-order valence-electron chi connectivity index (χ3n) is 3.99. The average Bonchev–Trinajstić information content (AvgIpc) is 3.01. The smallest absolute Gasteiger partial charge is 0.244 e. The fourth-order valence-corrected chi connectivity index (χ4v) is 4.31. The van der Waals surface area contributed by atoms with E-state index in [0.29, 0.717) is 5.57 Å². The normalized spacial score (nSPS) is 18.7. The number of benzene rings is 2. The molecule has 1 atom stereocenters. The molecule has 0 amide bonds. The van der Waals surface area contributed by atoms with E-state index in [1.165, 1.54) is 4.31 Å². The highest BCUT2D eigenvalue weighted by Gasteiger charge is 2.37. The van der Waals surface area contributed by atoms with Crippen molar-refractivity contribution >= 4 is 16.3 Å². The third kappa shape index (κ3) is 2.85. The summed E-state index contributed by atoms with van der Waals surface area (Å²) < 4.78 is 27.3. The number of sulfonamides is 1. The molecule has 0 N–H and O–H groups in total. The van der Waals surface area contributed by atoms with Crippen LogP contribution in [0.3, 0.4) is 0 Å². The van der Waals surface area contributed by atoms with Crippen molar-refractivity contribution in [2.24, 2.45) is 0 Å². The number of aryl methyl sites for hydroxylation is 1. The lowest BCUT2D eigenvalue weighted by molar-refractivity contribution is -0.105. The van der Waals surface area contributed by atoms with Crippen molar-refractivity contribution in [3.63, 3.8) is 0 Å². The lowest BCUT2D eigenvalue weighted by Gasteiger charge is -2.25. The highest BCUT2D eigenvalue weighted by atomic mass is 32.2. The minimum absolute atomic E-state index is 0.198. The summed E-state index contributed by atoms with van der Waals surface area (Å²) in [5.41, 5.74) is 2.27. The molecule has 1 aliphatic rings.